The Labute approximate surface area is 88.3 Å². The summed E-state index contributed by atoms with van der Waals surface area (Å²) in [6.45, 7) is 4.55. The molecule has 14 heavy (non-hydrogen) atoms. The number of benzene rings is 1. The van der Waals surface area contributed by atoms with Crippen molar-refractivity contribution in [1.82, 2.24) is 0 Å². The van der Waals surface area contributed by atoms with Crippen molar-refractivity contribution in [3.05, 3.63) is 44.8 Å². The summed E-state index contributed by atoms with van der Waals surface area (Å²) in [6.07, 6.45) is 0. The maximum Gasteiger partial charge on any atom is 0.0511 e. The summed E-state index contributed by atoms with van der Waals surface area (Å²) < 4.78 is 0. The van der Waals surface area contributed by atoms with Crippen LogP contribution in [0.5, 0.6) is 0 Å². The van der Waals surface area contributed by atoms with Crippen molar-refractivity contribution in [2.24, 2.45) is 5.11 Å². The average molecular weight is 210 g/mol. The molecule has 0 aromatic heterocycles. The van der Waals surface area contributed by atoms with Gasteiger partial charge in [-0.3, -0.25) is 0 Å². The average Bonchev–Trinajstić information content (AvgIpc) is 2.16. The molecule has 4 heteroatoms. The number of hydrogen-bond acceptors (Lipinski definition) is 1. The van der Waals surface area contributed by atoms with Crippen LogP contribution in [-0.4, -0.2) is 0 Å². The van der Waals surface area contributed by atoms with E-state index in [0.717, 1.165) is 16.1 Å². The van der Waals surface area contributed by atoms with Gasteiger partial charge in [-0.2, -0.15) is 0 Å². The molecule has 1 aromatic carbocycles. The molecule has 0 fully saturated rings. The van der Waals surface area contributed by atoms with Gasteiger partial charge in [-0.15, -0.1) is 0 Å². The Morgan fingerprint density at radius 2 is 2.21 bits per heavy atom. The lowest BCUT2D eigenvalue weighted by Crippen LogP contribution is -1.91. The van der Waals surface area contributed by atoms with Gasteiger partial charge in [0.2, 0.25) is 0 Å². The minimum absolute atomic E-state index is 0.382. The van der Waals surface area contributed by atoms with Gasteiger partial charge in [0.15, 0.2) is 0 Å². The molecule has 0 aliphatic carbocycles. The van der Waals surface area contributed by atoms with Gasteiger partial charge in [-0.1, -0.05) is 42.7 Å². The van der Waals surface area contributed by atoms with Crippen LogP contribution in [0.1, 0.15) is 30.9 Å². The minimum atomic E-state index is 0.382. The summed E-state index contributed by atoms with van der Waals surface area (Å²) in [6, 6.07) is 5.71. The lowest BCUT2D eigenvalue weighted by Gasteiger charge is -2.09. The lowest BCUT2D eigenvalue weighted by atomic mass is 10.0. The molecule has 0 atom stereocenters. The smallest absolute Gasteiger partial charge is 0.0511 e. The van der Waals surface area contributed by atoms with Crippen molar-refractivity contribution >= 4 is 11.6 Å². The van der Waals surface area contributed by atoms with Crippen LogP contribution in [-0.2, 0) is 6.54 Å². The zero-order chi connectivity index (χ0) is 10.6. The SMILES string of the molecule is CC(C)c1cc(CN=[N+]=[N-])ccc1Cl. The fourth-order valence-electron chi connectivity index (χ4n) is 1.25. The minimum Gasteiger partial charge on any atom is -0.0893 e. The van der Waals surface area contributed by atoms with Gasteiger partial charge in [0.05, 0.1) is 6.54 Å². The fourth-order valence-corrected chi connectivity index (χ4v) is 1.58. The molecular weight excluding hydrogens is 198 g/mol. The molecule has 74 valence electrons. The summed E-state index contributed by atoms with van der Waals surface area (Å²) in [4.78, 5) is 2.72. The first-order valence-corrected chi connectivity index (χ1v) is 4.82. The van der Waals surface area contributed by atoms with Crippen LogP contribution in [0.15, 0.2) is 23.3 Å². The van der Waals surface area contributed by atoms with E-state index in [1.807, 2.05) is 18.2 Å². The molecule has 0 amide bonds. The predicted octanol–water partition coefficient (Wildman–Crippen LogP) is 4.27. The van der Waals surface area contributed by atoms with Crippen LogP contribution < -0.4 is 0 Å². The van der Waals surface area contributed by atoms with E-state index >= 15 is 0 Å². The highest BCUT2D eigenvalue weighted by Gasteiger charge is 2.05. The molecular formula is C10H12ClN3. The van der Waals surface area contributed by atoms with Crippen molar-refractivity contribution in [1.29, 1.82) is 0 Å². The number of nitrogens with zero attached hydrogens (tertiary/aromatic N) is 3. The van der Waals surface area contributed by atoms with Crippen LogP contribution in [0.25, 0.3) is 10.4 Å². The molecule has 0 spiro atoms. The van der Waals surface area contributed by atoms with E-state index in [1.165, 1.54) is 0 Å². The molecule has 1 aromatic rings. The standard InChI is InChI=1S/C10H12ClN3/c1-7(2)9-5-8(6-13-14-12)3-4-10(9)11/h3-5,7H,6H2,1-2H3. The van der Waals surface area contributed by atoms with Crippen LogP contribution in [0, 0.1) is 0 Å². The molecule has 0 aliphatic heterocycles. The Kier molecular flexibility index (Phi) is 3.81. The molecule has 0 bridgehead atoms. The van der Waals surface area contributed by atoms with Crippen molar-refractivity contribution < 1.29 is 0 Å². The maximum atomic E-state index is 8.19. The second kappa shape index (κ2) is 4.89. The highest BCUT2D eigenvalue weighted by molar-refractivity contribution is 6.31. The Balaban J connectivity index is 2.99. The number of hydrogen-bond donors (Lipinski definition) is 0. The first kappa shape index (κ1) is 10.9. The van der Waals surface area contributed by atoms with E-state index in [4.69, 9.17) is 17.1 Å². The quantitative estimate of drug-likeness (QED) is 0.406. The van der Waals surface area contributed by atoms with E-state index in [0.29, 0.717) is 12.5 Å². The van der Waals surface area contributed by atoms with Gasteiger partial charge in [0, 0.05) is 9.93 Å². The van der Waals surface area contributed by atoms with Gasteiger partial charge < -0.3 is 0 Å². The van der Waals surface area contributed by atoms with Crippen molar-refractivity contribution in [3.63, 3.8) is 0 Å². The zero-order valence-electron chi connectivity index (χ0n) is 8.24. The lowest BCUT2D eigenvalue weighted by molar-refractivity contribution is 0.861. The van der Waals surface area contributed by atoms with Crippen LogP contribution >= 0.6 is 11.6 Å². The molecule has 0 aliphatic rings. The molecule has 0 saturated heterocycles. The van der Waals surface area contributed by atoms with Crippen LogP contribution in [0.4, 0.5) is 0 Å². The summed E-state index contributed by atoms with van der Waals surface area (Å²) in [5, 5.41) is 4.28. The third kappa shape index (κ3) is 2.66. The fraction of sp³-hybridized carbons (Fsp3) is 0.400. The van der Waals surface area contributed by atoms with Gasteiger partial charge in [0.1, 0.15) is 0 Å². The highest BCUT2D eigenvalue weighted by atomic mass is 35.5. The van der Waals surface area contributed by atoms with Gasteiger partial charge in [-0.25, -0.2) is 0 Å². The predicted molar refractivity (Wildman–Crippen MR) is 58.4 cm³/mol. The second-order valence-corrected chi connectivity index (χ2v) is 3.81. The largest absolute Gasteiger partial charge is 0.0893 e. The van der Waals surface area contributed by atoms with E-state index in [9.17, 15) is 0 Å². The van der Waals surface area contributed by atoms with Gasteiger partial charge >= 0.3 is 0 Å². The Morgan fingerprint density at radius 1 is 1.50 bits per heavy atom. The molecule has 3 nitrogen and oxygen atoms in total. The monoisotopic (exact) mass is 209 g/mol. The van der Waals surface area contributed by atoms with Crippen molar-refractivity contribution in [2.45, 2.75) is 26.3 Å². The molecule has 0 radical (unpaired) electrons. The first-order valence-electron chi connectivity index (χ1n) is 4.44. The van der Waals surface area contributed by atoms with Crippen molar-refractivity contribution in [3.8, 4) is 0 Å². The first-order chi connectivity index (χ1) is 6.65. The topological polar surface area (TPSA) is 48.8 Å². The Bertz CT molecular complexity index is 368. The Morgan fingerprint density at radius 3 is 2.79 bits per heavy atom. The van der Waals surface area contributed by atoms with E-state index in [-0.39, 0.29) is 0 Å². The number of rotatable bonds is 3. The summed E-state index contributed by atoms with van der Waals surface area (Å²) in [7, 11) is 0. The Hall–Kier alpha value is -1.18. The number of halogens is 1. The summed E-state index contributed by atoms with van der Waals surface area (Å²) in [5.41, 5.74) is 10.3. The van der Waals surface area contributed by atoms with Gasteiger partial charge in [0.25, 0.3) is 0 Å². The number of azide groups is 1. The molecule has 0 saturated carbocycles. The third-order valence-corrected chi connectivity index (χ3v) is 2.34. The highest BCUT2D eigenvalue weighted by Crippen LogP contribution is 2.25. The van der Waals surface area contributed by atoms with Gasteiger partial charge in [-0.05, 0) is 28.6 Å². The molecule has 0 heterocycles. The molecule has 0 N–H and O–H groups in total. The zero-order valence-corrected chi connectivity index (χ0v) is 8.99. The normalized spacial score (nSPS) is 10.0. The van der Waals surface area contributed by atoms with E-state index < -0.39 is 0 Å². The maximum absolute atomic E-state index is 8.19. The summed E-state index contributed by atoms with van der Waals surface area (Å²) in [5.74, 6) is 0.383. The van der Waals surface area contributed by atoms with Crippen molar-refractivity contribution in [2.75, 3.05) is 0 Å². The van der Waals surface area contributed by atoms with E-state index in [2.05, 4.69) is 23.9 Å². The van der Waals surface area contributed by atoms with E-state index in [1.54, 1.807) is 0 Å². The summed E-state index contributed by atoms with van der Waals surface area (Å²) >= 11 is 6.02. The van der Waals surface area contributed by atoms with Crippen LogP contribution in [0.3, 0.4) is 0 Å². The van der Waals surface area contributed by atoms with Crippen LogP contribution in [0.2, 0.25) is 5.02 Å². The molecule has 0 unspecified atom stereocenters. The molecule has 1 rings (SSSR count). The second-order valence-electron chi connectivity index (χ2n) is 3.40. The third-order valence-electron chi connectivity index (χ3n) is 2.00.